The molecule has 1 N–H and O–H groups in total. The molecule has 1 saturated carbocycles. The lowest BCUT2D eigenvalue weighted by Gasteiger charge is -2.19. The van der Waals surface area contributed by atoms with Crippen LogP contribution in [0.4, 0.5) is 11.4 Å². The Hall–Kier alpha value is -1.91. The lowest BCUT2D eigenvalue weighted by atomic mass is 9.89. The Balaban J connectivity index is 2.14. The molecule has 1 fully saturated rings. The lowest BCUT2D eigenvalue weighted by Crippen LogP contribution is -2.17. The highest BCUT2D eigenvalue weighted by molar-refractivity contribution is 5.87. The van der Waals surface area contributed by atoms with Crippen LogP contribution >= 0.6 is 0 Å². The van der Waals surface area contributed by atoms with Crippen LogP contribution in [0.2, 0.25) is 0 Å². The highest BCUT2D eigenvalue weighted by Crippen LogP contribution is 2.25. The van der Waals surface area contributed by atoms with E-state index in [-0.39, 0.29) is 5.69 Å². The molecule has 1 aromatic rings. The largest absolute Gasteiger partial charge is 0.294 e. The zero-order chi connectivity index (χ0) is 13.0. The molecule has 5 heteroatoms. The SMILES string of the molecule is CC1CCCCC1=NNc1ccccc1[N+](=O)[O-]. The van der Waals surface area contributed by atoms with Gasteiger partial charge in [0.05, 0.1) is 4.92 Å². The molecule has 0 heterocycles. The summed E-state index contributed by atoms with van der Waals surface area (Å²) >= 11 is 0. The predicted molar refractivity (Wildman–Crippen MR) is 71.8 cm³/mol. The van der Waals surface area contributed by atoms with E-state index in [1.54, 1.807) is 18.2 Å². The molecular formula is C13H17N3O2. The summed E-state index contributed by atoms with van der Waals surface area (Å²) < 4.78 is 0. The van der Waals surface area contributed by atoms with Gasteiger partial charge in [0.25, 0.3) is 5.69 Å². The summed E-state index contributed by atoms with van der Waals surface area (Å²) in [6.45, 7) is 2.15. The number of nitro groups is 1. The summed E-state index contributed by atoms with van der Waals surface area (Å²) in [6, 6.07) is 6.57. The molecule has 1 unspecified atom stereocenters. The Morgan fingerprint density at radius 3 is 2.89 bits per heavy atom. The summed E-state index contributed by atoms with van der Waals surface area (Å²) in [5.41, 5.74) is 4.46. The molecule has 18 heavy (non-hydrogen) atoms. The second-order valence-corrected chi connectivity index (χ2v) is 4.64. The molecule has 0 amide bonds. The van der Waals surface area contributed by atoms with Crippen LogP contribution in [0.1, 0.15) is 32.6 Å². The standard InChI is InChI=1S/C13H17N3O2/c1-10-6-2-3-7-11(10)14-15-12-8-4-5-9-13(12)16(17)18/h4-5,8-10,15H,2-3,6-7H2,1H3. The van der Waals surface area contributed by atoms with Crippen molar-refractivity contribution in [1.82, 2.24) is 0 Å². The van der Waals surface area contributed by atoms with E-state index < -0.39 is 4.92 Å². The first-order valence-electron chi connectivity index (χ1n) is 6.24. The second kappa shape index (κ2) is 5.62. The lowest BCUT2D eigenvalue weighted by molar-refractivity contribution is -0.384. The van der Waals surface area contributed by atoms with Gasteiger partial charge in [-0.25, -0.2) is 0 Å². The predicted octanol–water partition coefficient (Wildman–Crippen LogP) is 3.57. The number of hydrogen-bond acceptors (Lipinski definition) is 4. The van der Waals surface area contributed by atoms with Crippen molar-refractivity contribution in [2.45, 2.75) is 32.6 Å². The van der Waals surface area contributed by atoms with Gasteiger partial charge in [-0.1, -0.05) is 25.5 Å². The van der Waals surface area contributed by atoms with Crippen LogP contribution in [0.5, 0.6) is 0 Å². The fourth-order valence-corrected chi connectivity index (χ4v) is 2.20. The first-order chi connectivity index (χ1) is 8.68. The minimum atomic E-state index is -0.396. The molecule has 0 bridgehead atoms. The van der Waals surface area contributed by atoms with Crippen molar-refractivity contribution in [1.29, 1.82) is 0 Å². The molecule has 1 aliphatic rings. The Morgan fingerprint density at radius 2 is 2.17 bits per heavy atom. The van der Waals surface area contributed by atoms with Crippen molar-refractivity contribution in [2.24, 2.45) is 11.0 Å². The summed E-state index contributed by atoms with van der Waals surface area (Å²) in [7, 11) is 0. The zero-order valence-electron chi connectivity index (χ0n) is 10.4. The number of nitro benzene ring substituents is 1. The third kappa shape index (κ3) is 2.85. The molecule has 1 aromatic carbocycles. The summed E-state index contributed by atoms with van der Waals surface area (Å²) in [6.07, 6.45) is 4.53. The van der Waals surface area contributed by atoms with E-state index in [2.05, 4.69) is 17.5 Å². The Bertz CT molecular complexity index is 471. The van der Waals surface area contributed by atoms with E-state index in [1.165, 1.54) is 12.5 Å². The van der Waals surface area contributed by atoms with Gasteiger partial charge >= 0.3 is 0 Å². The monoisotopic (exact) mass is 247 g/mol. The third-order valence-corrected chi connectivity index (χ3v) is 3.31. The zero-order valence-corrected chi connectivity index (χ0v) is 10.4. The maximum atomic E-state index is 10.9. The fourth-order valence-electron chi connectivity index (χ4n) is 2.20. The normalized spacial score (nSPS) is 21.8. The summed E-state index contributed by atoms with van der Waals surface area (Å²) in [5, 5.41) is 15.2. The van der Waals surface area contributed by atoms with Crippen LogP contribution in [0, 0.1) is 16.0 Å². The fraction of sp³-hybridized carbons (Fsp3) is 0.462. The maximum absolute atomic E-state index is 10.9. The number of hydrogen-bond donors (Lipinski definition) is 1. The molecule has 2 rings (SSSR count). The molecule has 0 aromatic heterocycles. The molecule has 1 atom stereocenters. The summed E-state index contributed by atoms with van der Waals surface area (Å²) in [4.78, 5) is 10.5. The van der Waals surface area contributed by atoms with E-state index >= 15 is 0 Å². The number of benzene rings is 1. The summed E-state index contributed by atoms with van der Waals surface area (Å²) in [5.74, 6) is 0.467. The molecule has 0 aliphatic heterocycles. The Kier molecular flexibility index (Phi) is 3.92. The minimum absolute atomic E-state index is 0.0605. The average molecular weight is 247 g/mol. The van der Waals surface area contributed by atoms with Gasteiger partial charge in [0.1, 0.15) is 5.69 Å². The van der Waals surface area contributed by atoms with Gasteiger partial charge in [0, 0.05) is 11.8 Å². The van der Waals surface area contributed by atoms with Crippen molar-refractivity contribution in [3.63, 3.8) is 0 Å². The molecule has 0 saturated heterocycles. The van der Waals surface area contributed by atoms with Crippen LogP contribution in [0.15, 0.2) is 29.4 Å². The average Bonchev–Trinajstić information content (AvgIpc) is 2.38. The van der Waals surface area contributed by atoms with E-state index in [0.717, 1.165) is 25.0 Å². The topological polar surface area (TPSA) is 67.5 Å². The van der Waals surface area contributed by atoms with Gasteiger partial charge in [-0.15, -0.1) is 0 Å². The Morgan fingerprint density at radius 1 is 1.39 bits per heavy atom. The van der Waals surface area contributed by atoms with Gasteiger partial charge < -0.3 is 0 Å². The molecule has 96 valence electrons. The first kappa shape index (κ1) is 12.5. The van der Waals surface area contributed by atoms with E-state index in [0.29, 0.717) is 11.6 Å². The highest BCUT2D eigenvalue weighted by atomic mass is 16.6. The van der Waals surface area contributed by atoms with Crippen LogP contribution in [-0.4, -0.2) is 10.6 Å². The van der Waals surface area contributed by atoms with Crippen molar-refractivity contribution in [2.75, 3.05) is 5.43 Å². The quantitative estimate of drug-likeness (QED) is 0.655. The number of hydrazone groups is 1. The van der Waals surface area contributed by atoms with E-state index in [9.17, 15) is 10.1 Å². The first-order valence-corrected chi connectivity index (χ1v) is 6.24. The van der Waals surface area contributed by atoms with Crippen LogP contribution in [-0.2, 0) is 0 Å². The third-order valence-electron chi connectivity index (χ3n) is 3.31. The van der Waals surface area contributed by atoms with Gasteiger partial charge in [0.2, 0.25) is 0 Å². The van der Waals surface area contributed by atoms with Crippen molar-refractivity contribution < 1.29 is 4.92 Å². The van der Waals surface area contributed by atoms with Crippen molar-refractivity contribution in [3.8, 4) is 0 Å². The minimum Gasteiger partial charge on any atom is -0.272 e. The van der Waals surface area contributed by atoms with Gasteiger partial charge in [-0.05, 0) is 31.2 Å². The van der Waals surface area contributed by atoms with Crippen LogP contribution in [0.3, 0.4) is 0 Å². The molecular weight excluding hydrogens is 230 g/mol. The highest BCUT2D eigenvalue weighted by Gasteiger charge is 2.17. The number of anilines is 1. The molecule has 1 aliphatic carbocycles. The van der Waals surface area contributed by atoms with Crippen molar-refractivity contribution in [3.05, 3.63) is 34.4 Å². The maximum Gasteiger partial charge on any atom is 0.294 e. The number of nitrogens with one attached hydrogen (secondary N) is 1. The number of rotatable bonds is 3. The van der Waals surface area contributed by atoms with Gasteiger partial charge in [0.15, 0.2) is 0 Å². The smallest absolute Gasteiger partial charge is 0.272 e. The molecule has 0 spiro atoms. The second-order valence-electron chi connectivity index (χ2n) is 4.64. The van der Waals surface area contributed by atoms with E-state index in [4.69, 9.17) is 0 Å². The van der Waals surface area contributed by atoms with Gasteiger partial charge in [-0.3, -0.25) is 15.5 Å². The molecule has 0 radical (unpaired) electrons. The van der Waals surface area contributed by atoms with E-state index in [1.807, 2.05) is 0 Å². The number of nitrogens with zero attached hydrogens (tertiary/aromatic N) is 2. The number of para-hydroxylation sites is 2. The van der Waals surface area contributed by atoms with Gasteiger partial charge in [-0.2, -0.15) is 5.10 Å². The van der Waals surface area contributed by atoms with Crippen LogP contribution < -0.4 is 5.43 Å². The van der Waals surface area contributed by atoms with Crippen LogP contribution in [0.25, 0.3) is 0 Å². The molecule has 5 nitrogen and oxygen atoms in total. The van der Waals surface area contributed by atoms with Crippen molar-refractivity contribution >= 4 is 17.1 Å². The Labute approximate surface area is 106 Å².